The SMILES string of the molecule is CCCCc1ccc(NC(=O)CN2CCC(Cn3ccnc3)CC2)cc1. The number of rotatable bonds is 8. The zero-order valence-corrected chi connectivity index (χ0v) is 15.7. The van der Waals surface area contributed by atoms with Crippen LogP contribution >= 0.6 is 0 Å². The molecular weight excluding hydrogens is 324 g/mol. The highest BCUT2D eigenvalue weighted by Gasteiger charge is 2.21. The Morgan fingerprint density at radius 3 is 2.65 bits per heavy atom. The predicted molar refractivity (Wildman–Crippen MR) is 105 cm³/mol. The second kappa shape index (κ2) is 9.53. The molecule has 1 aliphatic rings. The summed E-state index contributed by atoms with van der Waals surface area (Å²) < 4.78 is 2.15. The van der Waals surface area contributed by atoms with E-state index in [0.29, 0.717) is 12.5 Å². The van der Waals surface area contributed by atoms with Crippen LogP contribution in [0.15, 0.2) is 43.0 Å². The Bertz CT molecular complexity index is 658. The highest BCUT2D eigenvalue weighted by Crippen LogP contribution is 2.19. The van der Waals surface area contributed by atoms with Gasteiger partial charge in [0.15, 0.2) is 0 Å². The number of likely N-dealkylation sites (tertiary alicyclic amines) is 1. The normalized spacial score (nSPS) is 15.9. The molecule has 0 spiro atoms. The molecule has 5 nitrogen and oxygen atoms in total. The topological polar surface area (TPSA) is 50.2 Å². The molecule has 1 amide bonds. The van der Waals surface area contributed by atoms with E-state index in [1.54, 1.807) is 0 Å². The van der Waals surface area contributed by atoms with Gasteiger partial charge in [-0.2, -0.15) is 0 Å². The molecule has 26 heavy (non-hydrogen) atoms. The molecule has 1 aromatic carbocycles. The molecule has 0 aliphatic carbocycles. The smallest absolute Gasteiger partial charge is 0.238 e. The lowest BCUT2D eigenvalue weighted by Gasteiger charge is -2.31. The maximum atomic E-state index is 12.3. The minimum atomic E-state index is 0.0827. The first kappa shape index (κ1) is 18.6. The lowest BCUT2D eigenvalue weighted by atomic mass is 9.97. The first-order valence-corrected chi connectivity index (χ1v) is 9.80. The number of aromatic nitrogens is 2. The van der Waals surface area contributed by atoms with Gasteiger partial charge in [-0.15, -0.1) is 0 Å². The van der Waals surface area contributed by atoms with Crippen molar-refractivity contribution in [1.29, 1.82) is 0 Å². The minimum absolute atomic E-state index is 0.0827. The van der Waals surface area contributed by atoms with E-state index in [2.05, 4.69) is 38.8 Å². The van der Waals surface area contributed by atoms with Crippen molar-refractivity contribution >= 4 is 11.6 Å². The third-order valence-corrected chi connectivity index (χ3v) is 5.16. The molecule has 5 heteroatoms. The Kier molecular flexibility index (Phi) is 6.83. The van der Waals surface area contributed by atoms with Gasteiger partial charge in [0.1, 0.15) is 0 Å². The lowest BCUT2D eigenvalue weighted by molar-refractivity contribution is -0.117. The summed E-state index contributed by atoms with van der Waals surface area (Å²) in [6.07, 6.45) is 11.5. The predicted octanol–water partition coefficient (Wildman–Crippen LogP) is 3.58. The number of nitrogens with one attached hydrogen (secondary N) is 1. The summed E-state index contributed by atoms with van der Waals surface area (Å²) in [5.74, 6) is 0.763. The van der Waals surface area contributed by atoms with Crippen molar-refractivity contribution in [3.8, 4) is 0 Å². The van der Waals surface area contributed by atoms with Gasteiger partial charge in [0.05, 0.1) is 12.9 Å². The molecule has 0 radical (unpaired) electrons. The molecule has 1 aromatic heterocycles. The summed E-state index contributed by atoms with van der Waals surface area (Å²) in [4.78, 5) is 18.7. The maximum Gasteiger partial charge on any atom is 0.238 e. The zero-order chi connectivity index (χ0) is 18.2. The number of carbonyl (C=O) groups excluding carboxylic acids is 1. The van der Waals surface area contributed by atoms with Crippen molar-refractivity contribution in [2.45, 2.75) is 45.6 Å². The van der Waals surface area contributed by atoms with Gasteiger partial charge in [0, 0.05) is 24.6 Å². The number of benzene rings is 1. The van der Waals surface area contributed by atoms with Crippen LogP contribution in [-0.4, -0.2) is 40.0 Å². The Hall–Kier alpha value is -2.14. The fourth-order valence-corrected chi connectivity index (χ4v) is 3.56. The molecular formula is C21H30N4O. The van der Waals surface area contributed by atoms with Gasteiger partial charge in [0.25, 0.3) is 0 Å². The Morgan fingerprint density at radius 1 is 1.23 bits per heavy atom. The first-order valence-electron chi connectivity index (χ1n) is 9.80. The zero-order valence-electron chi connectivity index (χ0n) is 15.7. The van der Waals surface area contributed by atoms with Gasteiger partial charge in [-0.3, -0.25) is 9.69 Å². The molecule has 0 atom stereocenters. The maximum absolute atomic E-state index is 12.3. The van der Waals surface area contributed by atoms with E-state index in [1.807, 2.05) is 30.9 Å². The Morgan fingerprint density at radius 2 is 2.00 bits per heavy atom. The van der Waals surface area contributed by atoms with E-state index < -0.39 is 0 Å². The van der Waals surface area contributed by atoms with Crippen LogP contribution < -0.4 is 5.32 Å². The number of piperidine rings is 1. The van der Waals surface area contributed by atoms with Crippen molar-refractivity contribution in [1.82, 2.24) is 14.5 Å². The molecule has 0 saturated carbocycles. The van der Waals surface area contributed by atoms with Crippen LogP contribution in [-0.2, 0) is 17.8 Å². The van der Waals surface area contributed by atoms with Crippen LogP contribution in [0.4, 0.5) is 5.69 Å². The van der Waals surface area contributed by atoms with E-state index in [9.17, 15) is 4.79 Å². The van der Waals surface area contributed by atoms with Gasteiger partial charge in [-0.1, -0.05) is 25.5 Å². The van der Waals surface area contributed by atoms with Gasteiger partial charge in [0.2, 0.25) is 5.91 Å². The van der Waals surface area contributed by atoms with E-state index in [1.165, 1.54) is 18.4 Å². The molecule has 140 valence electrons. The number of carbonyl (C=O) groups is 1. The molecule has 0 unspecified atom stereocenters. The van der Waals surface area contributed by atoms with Gasteiger partial charge in [-0.05, 0) is 62.4 Å². The molecule has 2 aromatic rings. The summed E-state index contributed by atoms with van der Waals surface area (Å²) in [6, 6.07) is 8.26. The molecule has 3 rings (SSSR count). The molecule has 1 N–H and O–H groups in total. The van der Waals surface area contributed by atoms with E-state index in [-0.39, 0.29) is 5.91 Å². The first-order chi connectivity index (χ1) is 12.7. The van der Waals surface area contributed by atoms with Crippen LogP contribution in [0.25, 0.3) is 0 Å². The van der Waals surface area contributed by atoms with Crippen molar-refractivity contribution in [3.05, 3.63) is 48.5 Å². The number of nitrogens with zero attached hydrogens (tertiary/aromatic N) is 3. The summed E-state index contributed by atoms with van der Waals surface area (Å²) in [7, 11) is 0. The van der Waals surface area contributed by atoms with Crippen molar-refractivity contribution in [2.24, 2.45) is 5.92 Å². The van der Waals surface area contributed by atoms with E-state index in [0.717, 1.165) is 44.6 Å². The van der Waals surface area contributed by atoms with Gasteiger partial charge < -0.3 is 9.88 Å². The highest BCUT2D eigenvalue weighted by molar-refractivity contribution is 5.92. The van der Waals surface area contributed by atoms with Crippen LogP contribution in [0.1, 0.15) is 38.2 Å². The largest absolute Gasteiger partial charge is 0.337 e. The Balaban J connectivity index is 1.38. The second-order valence-electron chi connectivity index (χ2n) is 7.33. The second-order valence-corrected chi connectivity index (χ2v) is 7.33. The average molecular weight is 354 g/mol. The number of unbranched alkanes of at least 4 members (excludes halogenated alkanes) is 1. The number of amides is 1. The molecule has 2 heterocycles. The average Bonchev–Trinajstić information content (AvgIpc) is 3.16. The standard InChI is InChI=1S/C21H30N4O/c1-2-3-4-18-5-7-20(8-6-18)23-21(26)16-24-12-9-19(10-13-24)15-25-14-11-22-17-25/h5-8,11,14,17,19H,2-4,9-10,12-13,15-16H2,1H3,(H,23,26). The summed E-state index contributed by atoms with van der Waals surface area (Å²) in [5.41, 5.74) is 2.23. The molecule has 1 fully saturated rings. The van der Waals surface area contributed by atoms with Crippen LogP contribution in [0.3, 0.4) is 0 Å². The third kappa shape index (κ3) is 5.70. The lowest BCUT2D eigenvalue weighted by Crippen LogP contribution is -2.39. The number of aryl methyl sites for hydroxylation is 1. The van der Waals surface area contributed by atoms with Crippen molar-refractivity contribution < 1.29 is 4.79 Å². The fourth-order valence-electron chi connectivity index (χ4n) is 3.56. The highest BCUT2D eigenvalue weighted by atomic mass is 16.2. The van der Waals surface area contributed by atoms with E-state index in [4.69, 9.17) is 0 Å². The van der Waals surface area contributed by atoms with Gasteiger partial charge >= 0.3 is 0 Å². The molecule has 0 bridgehead atoms. The summed E-state index contributed by atoms with van der Waals surface area (Å²) in [6.45, 7) is 5.69. The molecule has 1 saturated heterocycles. The minimum Gasteiger partial charge on any atom is -0.337 e. The van der Waals surface area contributed by atoms with Crippen LogP contribution in [0.2, 0.25) is 0 Å². The molecule has 1 aliphatic heterocycles. The van der Waals surface area contributed by atoms with E-state index >= 15 is 0 Å². The van der Waals surface area contributed by atoms with Crippen molar-refractivity contribution in [3.63, 3.8) is 0 Å². The quantitative estimate of drug-likeness (QED) is 0.788. The monoisotopic (exact) mass is 354 g/mol. The number of imidazole rings is 1. The number of hydrogen-bond acceptors (Lipinski definition) is 3. The van der Waals surface area contributed by atoms with Crippen LogP contribution in [0.5, 0.6) is 0 Å². The number of anilines is 1. The third-order valence-electron chi connectivity index (χ3n) is 5.16. The summed E-state index contributed by atoms with van der Waals surface area (Å²) >= 11 is 0. The van der Waals surface area contributed by atoms with Gasteiger partial charge in [-0.25, -0.2) is 4.98 Å². The van der Waals surface area contributed by atoms with Crippen molar-refractivity contribution in [2.75, 3.05) is 25.0 Å². The van der Waals surface area contributed by atoms with Crippen LogP contribution in [0, 0.1) is 5.92 Å². The Labute approximate surface area is 156 Å². The number of hydrogen-bond donors (Lipinski definition) is 1. The summed E-state index contributed by atoms with van der Waals surface area (Å²) in [5, 5.41) is 3.03. The fraction of sp³-hybridized carbons (Fsp3) is 0.524.